The van der Waals surface area contributed by atoms with Gasteiger partial charge >= 0.3 is 0 Å². The number of hydrogen-bond donors (Lipinski definition) is 0. The Hall–Kier alpha value is -2.23. The van der Waals surface area contributed by atoms with Crippen molar-refractivity contribution in [3.8, 4) is 0 Å². The normalized spacial score (nSPS) is 16.9. The maximum absolute atomic E-state index is 12.8. The van der Waals surface area contributed by atoms with Crippen LogP contribution in [0.5, 0.6) is 0 Å². The third-order valence-electron chi connectivity index (χ3n) is 4.17. The van der Waals surface area contributed by atoms with Gasteiger partial charge in [0.25, 0.3) is 5.91 Å². The molecule has 1 saturated carbocycles. The molecule has 1 fully saturated rings. The molecule has 0 unspecified atom stereocenters. The number of fused-ring (bicyclic) bond motifs is 1. The number of nitrogens with zero attached hydrogens (tertiary/aromatic N) is 3. The van der Waals surface area contributed by atoms with E-state index in [2.05, 4.69) is 16.0 Å². The number of aryl methyl sites for hydroxylation is 1. The van der Waals surface area contributed by atoms with Crippen molar-refractivity contribution in [1.82, 2.24) is 9.97 Å². The summed E-state index contributed by atoms with van der Waals surface area (Å²) >= 11 is 0. The number of hydrogen-bond acceptors (Lipinski definition) is 3. The summed E-state index contributed by atoms with van der Waals surface area (Å²) in [5.74, 6) is 1.29. The number of carbonyl (C=O) groups is 1. The molecule has 2 aromatic rings. The third-order valence-corrected chi connectivity index (χ3v) is 4.17. The van der Waals surface area contributed by atoms with E-state index in [1.54, 1.807) is 6.07 Å². The predicted molar refractivity (Wildman–Crippen MR) is 80.6 cm³/mol. The maximum atomic E-state index is 12.8. The van der Waals surface area contributed by atoms with Crippen molar-refractivity contribution in [2.45, 2.75) is 32.1 Å². The predicted octanol–water partition coefficient (Wildman–Crippen LogP) is 2.87. The summed E-state index contributed by atoms with van der Waals surface area (Å²) in [6, 6.07) is 9.90. The number of anilines is 1. The summed E-state index contributed by atoms with van der Waals surface area (Å²) in [4.78, 5) is 23.6. The summed E-state index contributed by atoms with van der Waals surface area (Å²) in [6.07, 6.45) is 3.20. The molecule has 1 aromatic heterocycles. The summed E-state index contributed by atoms with van der Waals surface area (Å²) in [5.41, 5.74) is 3.66. The van der Waals surface area contributed by atoms with Crippen LogP contribution < -0.4 is 4.90 Å². The van der Waals surface area contributed by atoms with Gasteiger partial charge in [0.15, 0.2) is 0 Å². The van der Waals surface area contributed by atoms with Crippen molar-refractivity contribution in [1.29, 1.82) is 0 Å². The van der Waals surface area contributed by atoms with Crippen LogP contribution in [-0.2, 0) is 6.42 Å². The Morgan fingerprint density at radius 1 is 1.24 bits per heavy atom. The minimum Gasteiger partial charge on any atom is -0.306 e. The second-order valence-corrected chi connectivity index (χ2v) is 5.86. The van der Waals surface area contributed by atoms with E-state index >= 15 is 0 Å². The first kappa shape index (κ1) is 12.5. The van der Waals surface area contributed by atoms with Crippen LogP contribution in [0.3, 0.4) is 0 Å². The number of carbonyl (C=O) groups excluding carboxylic acids is 1. The fourth-order valence-corrected chi connectivity index (χ4v) is 2.91. The molecule has 4 heteroatoms. The molecule has 0 spiro atoms. The van der Waals surface area contributed by atoms with Gasteiger partial charge in [-0.3, -0.25) is 4.79 Å². The van der Waals surface area contributed by atoms with Crippen molar-refractivity contribution in [2.75, 3.05) is 11.4 Å². The van der Waals surface area contributed by atoms with E-state index in [1.165, 1.54) is 5.56 Å². The lowest BCUT2D eigenvalue weighted by Gasteiger charge is -2.17. The Bertz CT molecular complexity index is 722. The lowest BCUT2D eigenvalue weighted by atomic mass is 10.2. The van der Waals surface area contributed by atoms with Crippen LogP contribution in [0.15, 0.2) is 30.3 Å². The van der Waals surface area contributed by atoms with Crippen LogP contribution in [0.1, 0.15) is 46.3 Å². The molecular formula is C17H17N3O. The van der Waals surface area contributed by atoms with Gasteiger partial charge in [0, 0.05) is 23.8 Å². The van der Waals surface area contributed by atoms with E-state index < -0.39 is 0 Å². The van der Waals surface area contributed by atoms with Gasteiger partial charge in [-0.1, -0.05) is 18.2 Å². The second kappa shape index (κ2) is 4.65. The molecule has 2 heterocycles. The Labute approximate surface area is 123 Å². The highest BCUT2D eigenvalue weighted by atomic mass is 16.2. The first-order valence-corrected chi connectivity index (χ1v) is 7.48. The van der Waals surface area contributed by atoms with Gasteiger partial charge in [0.1, 0.15) is 11.5 Å². The monoisotopic (exact) mass is 279 g/mol. The number of amides is 1. The molecule has 1 aliphatic heterocycles. The second-order valence-electron chi connectivity index (χ2n) is 5.86. The topological polar surface area (TPSA) is 46.1 Å². The molecule has 2 aliphatic rings. The van der Waals surface area contributed by atoms with Gasteiger partial charge in [0.2, 0.25) is 0 Å². The zero-order valence-electron chi connectivity index (χ0n) is 12.0. The van der Waals surface area contributed by atoms with E-state index in [9.17, 15) is 4.79 Å². The molecule has 0 bridgehead atoms. The largest absolute Gasteiger partial charge is 0.306 e. The van der Waals surface area contributed by atoms with Gasteiger partial charge < -0.3 is 4.90 Å². The molecule has 106 valence electrons. The number of aromatic nitrogens is 2. The molecule has 4 rings (SSSR count). The Morgan fingerprint density at radius 3 is 2.86 bits per heavy atom. The van der Waals surface area contributed by atoms with Gasteiger partial charge in [-0.15, -0.1) is 0 Å². The van der Waals surface area contributed by atoms with E-state index in [0.717, 1.165) is 43.0 Å². The zero-order valence-corrected chi connectivity index (χ0v) is 12.0. The minimum atomic E-state index is -0.00708. The van der Waals surface area contributed by atoms with Crippen molar-refractivity contribution < 1.29 is 4.79 Å². The van der Waals surface area contributed by atoms with Crippen molar-refractivity contribution in [3.63, 3.8) is 0 Å². The first-order valence-electron chi connectivity index (χ1n) is 7.48. The molecule has 1 aliphatic carbocycles. The van der Waals surface area contributed by atoms with Crippen LogP contribution in [0.25, 0.3) is 0 Å². The van der Waals surface area contributed by atoms with Crippen molar-refractivity contribution in [2.24, 2.45) is 0 Å². The summed E-state index contributed by atoms with van der Waals surface area (Å²) < 4.78 is 0. The molecule has 0 N–H and O–H groups in total. The highest BCUT2D eigenvalue weighted by Gasteiger charge is 2.30. The molecule has 0 saturated heterocycles. The van der Waals surface area contributed by atoms with Crippen LogP contribution in [-0.4, -0.2) is 22.4 Å². The highest BCUT2D eigenvalue weighted by molar-refractivity contribution is 6.06. The van der Waals surface area contributed by atoms with Crippen molar-refractivity contribution in [3.05, 3.63) is 53.1 Å². The smallest absolute Gasteiger partial charge is 0.277 e. The standard InChI is InChI=1S/C17H17N3O/c1-11-10-14(19-16(18-11)13-6-7-13)17(21)20-9-8-12-4-2-3-5-15(12)20/h2-5,10,13H,6-9H2,1H3. The van der Waals surface area contributed by atoms with Crippen LogP contribution >= 0.6 is 0 Å². The average Bonchev–Trinajstić information content (AvgIpc) is 3.26. The molecule has 1 amide bonds. The lowest BCUT2D eigenvalue weighted by Crippen LogP contribution is -2.30. The lowest BCUT2D eigenvalue weighted by molar-refractivity contribution is 0.0984. The molecule has 4 nitrogen and oxygen atoms in total. The van der Waals surface area contributed by atoms with Gasteiger partial charge in [-0.2, -0.15) is 0 Å². The Kier molecular flexibility index (Phi) is 2.77. The van der Waals surface area contributed by atoms with Crippen LogP contribution in [0, 0.1) is 6.92 Å². The van der Waals surface area contributed by atoms with E-state index in [-0.39, 0.29) is 5.91 Å². The molecule has 0 atom stereocenters. The van der Waals surface area contributed by atoms with Crippen LogP contribution in [0.4, 0.5) is 5.69 Å². The number of benzene rings is 1. The first-order chi connectivity index (χ1) is 10.2. The molecule has 1 aromatic carbocycles. The number of para-hydroxylation sites is 1. The van der Waals surface area contributed by atoms with Gasteiger partial charge in [-0.05, 0) is 43.9 Å². The summed E-state index contributed by atoms with van der Waals surface area (Å²) in [5, 5.41) is 0. The zero-order chi connectivity index (χ0) is 14.4. The molecule has 21 heavy (non-hydrogen) atoms. The highest BCUT2D eigenvalue weighted by Crippen LogP contribution is 2.38. The van der Waals surface area contributed by atoms with Gasteiger partial charge in [-0.25, -0.2) is 9.97 Å². The summed E-state index contributed by atoms with van der Waals surface area (Å²) in [6.45, 7) is 2.67. The maximum Gasteiger partial charge on any atom is 0.277 e. The molecule has 0 radical (unpaired) electrons. The Morgan fingerprint density at radius 2 is 2.05 bits per heavy atom. The summed E-state index contributed by atoms with van der Waals surface area (Å²) in [7, 11) is 0. The Balaban J connectivity index is 1.69. The van der Waals surface area contributed by atoms with E-state index in [1.807, 2.05) is 30.0 Å². The van der Waals surface area contributed by atoms with E-state index in [4.69, 9.17) is 0 Å². The SMILES string of the molecule is Cc1cc(C(=O)N2CCc3ccccc32)nc(C2CC2)n1. The minimum absolute atomic E-state index is 0.00708. The number of rotatable bonds is 2. The average molecular weight is 279 g/mol. The van der Waals surface area contributed by atoms with Crippen molar-refractivity contribution >= 4 is 11.6 Å². The third kappa shape index (κ3) is 2.20. The molecular weight excluding hydrogens is 262 g/mol. The van der Waals surface area contributed by atoms with Crippen LogP contribution in [0.2, 0.25) is 0 Å². The fourth-order valence-electron chi connectivity index (χ4n) is 2.91. The quantitative estimate of drug-likeness (QED) is 0.849. The van der Waals surface area contributed by atoms with Gasteiger partial charge in [0.05, 0.1) is 0 Å². The van der Waals surface area contributed by atoms with E-state index in [0.29, 0.717) is 11.6 Å². The fraction of sp³-hybridized carbons (Fsp3) is 0.353.